The van der Waals surface area contributed by atoms with Crippen LogP contribution in [0.1, 0.15) is 40.0 Å². The van der Waals surface area contributed by atoms with Crippen LogP contribution in [0.5, 0.6) is 0 Å². The maximum atomic E-state index is 12.7. The summed E-state index contributed by atoms with van der Waals surface area (Å²) in [7, 11) is 0. The van der Waals surface area contributed by atoms with E-state index in [1.165, 1.54) is 33.7 Å². The molecule has 1 N–H and O–H groups in total. The first-order valence-corrected chi connectivity index (χ1v) is 11.8. The van der Waals surface area contributed by atoms with Crippen LogP contribution >= 0.6 is 23.1 Å². The summed E-state index contributed by atoms with van der Waals surface area (Å²) in [6.45, 7) is 4.04. The van der Waals surface area contributed by atoms with Crippen molar-refractivity contribution in [3.05, 3.63) is 86.8 Å². The van der Waals surface area contributed by atoms with Crippen LogP contribution in [0.4, 0.5) is 5.69 Å². The fourth-order valence-electron chi connectivity index (χ4n) is 3.11. The second kappa shape index (κ2) is 9.45. The minimum atomic E-state index is -0.166. The molecule has 6 nitrogen and oxygen atoms in total. The molecule has 31 heavy (non-hydrogen) atoms. The van der Waals surface area contributed by atoms with Crippen LogP contribution in [0.3, 0.4) is 0 Å². The molecule has 0 atom stereocenters. The first-order valence-electron chi connectivity index (χ1n) is 10.0. The highest BCUT2D eigenvalue weighted by molar-refractivity contribution is 7.98. The lowest BCUT2D eigenvalue weighted by molar-refractivity contribution is 0.102. The fourth-order valence-corrected chi connectivity index (χ4v) is 5.03. The number of aromatic nitrogens is 3. The van der Waals surface area contributed by atoms with Gasteiger partial charge >= 0.3 is 0 Å². The first kappa shape index (κ1) is 21.3. The van der Waals surface area contributed by atoms with E-state index in [4.69, 9.17) is 0 Å². The maximum absolute atomic E-state index is 12.7. The lowest BCUT2D eigenvalue weighted by Crippen LogP contribution is -2.15. The van der Waals surface area contributed by atoms with Gasteiger partial charge < -0.3 is 5.32 Å². The summed E-state index contributed by atoms with van der Waals surface area (Å²) in [6.07, 6.45) is 1.81. The van der Waals surface area contributed by atoms with Gasteiger partial charge in [0.1, 0.15) is 5.01 Å². The van der Waals surface area contributed by atoms with Gasteiger partial charge in [0.05, 0.1) is 11.4 Å². The third-order valence-corrected chi connectivity index (χ3v) is 6.67. The minimum absolute atomic E-state index is 0.150. The number of benzene rings is 2. The molecule has 0 saturated carbocycles. The number of carbonyl (C=O) groups is 1. The predicted molar refractivity (Wildman–Crippen MR) is 126 cm³/mol. The second-order valence-corrected chi connectivity index (χ2v) is 9.19. The van der Waals surface area contributed by atoms with Crippen molar-refractivity contribution in [2.75, 3.05) is 5.32 Å². The smallest absolute Gasteiger partial charge is 0.275 e. The van der Waals surface area contributed by atoms with Gasteiger partial charge in [-0.2, -0.15) is 9.61 Å². The van der Waals surface area contributed by atoms with Crippen LogP contribution in [0, 0.1) is 6.92 Å². The van der Waals surface area contributed by atoms with Crippen LogP contribution < -0.4 is 10.9 Å². The number of rotatable bonds is 7. The Kier molecular flexibility index (Phi) is 6.48. The highest BCUT2D eigenvalue weighted by atomic mass is 32.2. The standard InChI is InChI=1S/C23H22N4O2S2/c1-3-7-20-26-27-21(28)13-17(24-23(27)31-20)14-30-19-11-5-4-10-18(19)25-22(29)16-9-6-8-15(2)12-16/h4-6,8-13H,3,7,14H2,1-2H3,(H,25,29). The van der Waals surface area contributed by atoms with Gasteiger partial charge in [-0.05, 0) is 37.6 Å². The third-order valence-electron chi connectivity index (χ3n) is 4.59. The molecule has 4 rings (SSSR count). The quantitative estimate of drug-likeness (QED) is 0.403. The number of nitrogens with one attached hydrogen (secondary N) is 1. The van der Waals surface area contributed by atoms with E-state index in [1.807, 2.05) is 49.4 Å². The average molecular weight is 451 g/mol. The number of hydrogen-bond acceptors (Lipinski definition) is 6. The third kappa shape index (κ3) is 5.03. The number of nitrogens with zero attached hydrogens (tertiary/aromatic N) is 3. The van der Waals surface area contributed by atoms with Crippen LogP contribution in [0.15, 0.2) is 64.3 Å². The Morgan fingerprint density at radius 3 is 2.81 bits per heavy atom. The zero-order valence-corrected chi connectivity index (χ0v) is 18.9. The van der Waals surface area contributed by atoms with E-state index in [0.29, 0.717) is 22.0 Å². The Morgan fingerprint density at radius 1 is 1.16 bits per heavy atom. The largest absolute Gasteiger partial charge is 0.321 e. The second-order valence-electron chi connectivity index (χ2n) is 7.13. The van der Waals surface area contributed by atoms with Crippen LogP contribution in [0.2, 0.25) is 0 Å². The van der Waals surface area contributed by atoms with E-state index in [2.05, 4.69) is 22.3 Å². The van der Waals surface area contributed by atoms with Crippen molar-refractivity contribution in [2.24, 2.45) is 0 Å². The van der Waals surface area contributed by atoms with Crippen LogP contribution in [-0.4, -0.2) is 20.5 Å². The van der Waals surface area contributed by atoms with Gasteiger partial charge in [0.25, 0.3) is 11.5 Å². The molecule has 2 aromatic heterocycles. The predicted octanol–water partition coefficient (Wildman–Crippen LogP) is 4.96. The highest BCUT2D eigenvalue weighted by Gasteiger charge is 2.12. The monoisotopic (exact) mass is 450 g/mol. The highest BCUT2D eigenvalue weighted by Crippen LogP contribution is 2.30. The topological polar surface area (TPSA) is 76.4 Å². The van der Waals surface area contributed by atoms with Gasteiger partial charge in [0.2, 0.25) is 4.96 Å². The van der Waals surface area contributed by atoms with Crippen molar-refractivity contribution in [3.8, 4) is 0 Å². The summed E-state index contributed by atoms with van der Waals surface area (Å²) in [5.74, 6) is 0.368. The van der Waals surface area contributed by atoms with E-state index < -0.39 is 0 Å². The summed E-state index contributed by atoms with van der Waals surface area (Å²) in [5, 5.41) is 8.26. The molecule has 0 saturated heterocycles. The number of carbonyl (C=O) groups excluding carboxylic acids is 1. The molecule has 2 heterocycles. The van der Waals surface area contributed by atoms with Gasteiger partial charge in [0, 0.05) is 28.7 Å². The average Bonchev–Trinajstić information content (AvgIpc) is 3.16. The summed E-state index contributed by atoms with van der Waals surface area (Å²) >= 11 is 2.99. The molecular formula is C23H22N4O2S2. The van der Waals surface area contributed by atoms with E-state index in [-0.39, 0.29) is 11.5 Å². The molecule has 0 aliphatic rings. The molecule has 2 aromatic carbocycles. The molecule has 1 amide bonds. The molecule has 0 radical (unpaired) electrons. The fraction of sp³-hybridized carbons (Fsp3) is 0.217. The van der Waals surface area contributed by atoms with Gasteiger partial charge in [-0.1, -0.05) is 48.1 Å². The zero-order chi connectivity index (χ0) is 21.8. The number of fused-ring (bicyclic) bond motifs is 1. The molecule has 158 valence electrons. The molecule has 8 heteroatoms. The Hall–Kier alpha value is -2.97. The maximum Gasteiger partial charge on any atom is 0.275 e. The summed E-state index contributed by atoms with van der Waals surface area (Å²) in [5.41, 5.74) is 2.92. The molecular weight excluding hydrogens is 428 g/mol. The summed E-state index contributed by atoms with van der Waals surface area (Å²) in [6, 6.07) is 16.7. The number of aryl methyl sites for hydroxylation is 2. The van der Waals surface area contributed by atoms with Gasteiger partial charge in [-0.3, -0.25) is 9.59 Å². The van der Waals surface area contributed by atoms with Gasteiger partial charge in [-0.25, -0.2) is 4.98 Å². The Bertz CT molecular complexity index is 1300. The van der Waals surface area contributed by atoms with Crippen molar-refractivity contribution < 1.29 is 4.79 Å². The Labute approximate surface area is 188 Å². The number of amides is 1. The zero-order valence-electron chi connectivity index (χ0n) is 17.3. The minimum Gasteiger partial charge on any atom is -0.321 e. The van der Waals surface area contributed by atoms with Crippen LogP contribution in [-0.2, 0) is 12.2 Å². The number of hydrogen-bond donors (Lipinski definition) is 1. The van der Waals surface area contributed by atoms with E-state index >= 15 is 0 Å². The van der Waals surface area contributed by atoms with Crippen molar-refractivity contribution in [1.29, 1.82) is 0 Å². The van der Waals surface area contributed by atoms with E-state index in [0.717, 1.165) is 34.0 Å². The number of anilines is 1. The lowest BCUT2D eigenvalue weighted by atomic mass is 10.1. The first-order chi connectivity index (χ1) is 15.0. The number of para-hydroxylation sites is 1. The molecule has 0 fully saturated rings. The normalized spacial score (nSPS) is 11.0. The SMILES string of the molecule is CCCc1nn2c(=O)cc(CSc3ccccc3NC(=O)c3cccc(C)c3)nc2s1. The molecule has 0 unspecified atom stereocenters. The van der Waals surface area contributed by atoms with Crippen molar-refractivity contribution in [3.63, 3.8) is 0 Å². The molecule has 0 aliphatic carbocycles. The molecule has 0 aliphatic heterocycles. The summed E-state index contributed by atoms with van der Waals surface area (Å²) in [4.78, 5) is 31.2. The van der Waals surface area contributed by atoms with Crippen molar-refractivity contribution in [2.45, 2.75) is 37.3 Å². The van der Waals surface area contributed by atoms with Gasteiger partial charge in [0.15, 0.2) is 0 Å². The Balaban J connectivity index is 1.51. The van der Waals surface area contributed by atoms with Crippen molar-refractivity contribution in [1.82, 2.24) is 14.6 Å². The lowest BCUT2D eigenvalue weighted by Gasteiger charge is -2.11. The molecule has 0 bridgehead atoms. The van der Waals surface area contributed by atoms with Crippen LogP contribution in [0.25, 0.3) is 4.96 Å². The number of thioether (sulfide) groups is 1. The van der Waals surface area contributed by atoms with Crippen molar-refractivity contribution >= 4 is 39.7 Å². The molecule has 4 aromatic rings. The Morgan fingerprint density at radius 2 is 2.00 bits per heavy atom. The molecule has 0 spiro atoms. The summed E-state index contributed by atoms with van der Waals surface area (Å²) < 4.78 is 1.37. The van der Waals surface area contributed by atoms with E-state index in [1.54, 1.807) is 6.07 Å². The van der Waals surface area contributed by atoms with Gasteiger partial charge in [-0.15, -0.1) is 11.8 Å². The van der Waals surface area contributed by atoms with E-state index in [9.17, 15) is 9.59 Å².